The summed E-state index contributed by atoms with van der Waals surface area (Å²) in [5, 5.41) is 0. The van der Waals surface area contributed by atoms with Gasteiger partial charge in [0.2, 0.25) is 5.91 Å². The van der Waals surface area contributed by atoms with Gasteiger partial charge in [0.15, 0.2) is 0 Å². The van der Waals surface area contributed by atoms with Gasteiger partial charge in [-0.05, 0) is 6.92 Å². The summed E-state index contributed by atoms with van der Waals surface area (Å²) in [6.45, 7) is 5.89. The molecule has 1 aliphatic heterocycles. The Kier molecular flexibility index (Phi) is 4.61. The lowest BCUT2D eigenvalue weighted by atomic mass is 10.1. The summed E-state index contributed by atoms with van der Waals surface area (Å²) >= 11 is 5.58. The molecule has 1 aromatic carbocycles. The minimum absolute atomic E-state index is 0.0584. The molecule has 4 heteroatoms. The number of nitrogens with zero attached hydrogens (tertiary/aromatic N) is 1. The maximum absolute atomic E-state index is 11.5. The standard InChI is InChI=1S/C14H19ClN2O/c1-12(13-5-3-2-4-6-13)16-7-9-17(10-8-16)14(18)11-15/h2-6,12H,7-11H2,1H3/p+1/t12-/m0/s1. The molecule has 1 N–H and O–H groups in total. The number of nitrogens with one attached hydrogen (secondary N) is 1. The van der Waals surface area contributed by atoms with Crippen LogP contribution < -0.4 is 4.90 Å². The van der Waals surface area contributed by atoms with Crippen LogP contribution in [0.15, 0.2) is 30.3 Å². The van der Waals surface area contributed by atoms with Gasteiger partial charge in [-0.3, -0.25) is 4.79 Å². The van der Waals surface area contributed by atoms with E-state index < -0.39 is 0 Å². The molecule has 1 heterocycles. The molecular formula is C14H20ClN2O+. The Morgan fingerprint density at radius 3 is 2.50 bits per heavy atom. The van der Waals surface area contributed by atoms with E-state index in [1.165, 1.54) is 5.56 Å². The van der Waals surface area contributed by atoms with Gasteiger partial charge >= 0.3 is 0 Å². The van der Waals surface area contributed by atoms with E-state index in [2.05, 4.69) is 31.2 Å². The predicted octanol–water partition coefficient (Wildman–Crippen LogP) is 0.713. The van der Waals surface area contributed by atoms with Crippen molar-refractivity contribution in [3.05, 3.63) is 35.9 Å². The fourth-order valence-corrected chi connectivity index (χ4v) is 2.71. The van der Waals surface area contributed by atoms with E-state index >= 15 is 0 Å². The third-order valence-electron chi connectivity index (χ3n) is 3.78. The van der Waals surface area contributed by atoms with Crippen LogP contribution in [-0.4, -0.2) is 42.9 Å². The smallest absolute Gasteiger partial charge is 0.237 e. The third-order valence-corrected chi connectivity index (χ3v) is 4.01. The molecule has 0 radical (unpaired) electrons. The van der Waals surface area contributed by atoms with E-state index in [4.69, 9.17) is 11.6 Å². The van der Waals surface area contributed by atoms with Crippen LogP contribution in [0.4, 0.5) is 0 Å². The summed E-state index contributed by atoms with van der Waals surface area (Å²) in [4.78, 5) is 14.9. The summed E-state index contributed by atoms with van der Waals surface area (Å²) in [5.41, 5.74) is 1.37. The van der Waals surface area contributed by atoms with Gasteiger partial charge in [0.1, 0.15) is 11.9 Å². The number of carbonyl (C=O) groups is 1. The van der Waals surface area contributed by atoms with Crippen LogP contribution in [0.2, 0.25) is 0 Å². The van der Waals surface area contributed by atoms with Crippen molar-refractivity contribution in [3.63, 3.8) is 0 Å². The lowest BCUT2D eigenvalue weighted by Crippen LogP contribution is -3.14. The topological polar surface area (TPSA) is 24.8 Å². The lowest BCUT2D eigenvalue weighted by Gasteiger charge is -2.35. The van der Waals surface area contributed by atoms with Crippen LogP contribution in [0, 0.1) is 0 Å². The largest absolute Gasteiger partial charge is 0.330 e. The van der Waals surface area contributed by atoms with Crippen LogP contribution in [0.1, 0.15) is 18.5 Å². The van der Waals surface area contributed by atoms with Gasteiger partial charge in [-0.15, -0.1) is 11.6 Å². The average Bonchev–Trinajstić information content (AvgIpc) is 2.47. The number of amides is 1. The molecular weight excluding hydrogens is 248 g/mol. The molecule has 1 aliphatic rings. The van der Waals surface area contributed by atoms with Crippen LogP contribution >= 0.6 is 11.6 Å². The van der Waals surface area contributed by atoms with Gasteiger partial charge in [0, 0.05) is 5.56 Å². The van der Waals surface area contributed by atoms with Crippen LogP contribution in [0.3, 0.4) is 0 Å². The second kappa shape index (κ2) is 6.21. The highest BCUT2D eigenvalue weighted by Crippen LogP contribution is 2.08. The Bertz CT molecular complexity index is 388. The molecule has 0 saturated carbocycles. The first-order chi connectivity index (χ1) is 8.72. The molecule has 0 spiro atoms. The number of piperazine rings is 1. The Balaban J connectivity index is 1.92. The van der Waals surface area contributed by atoms with E-state index in [1.807, 2.05) is 11.0 Å². The van der Waals surface area contributed by atoms with E-state index in [9.17, 15) is 4.79 Å². The highest BCUT2D eigenvalue weighted by molar-refractivity contribution is 6.27. The van der Waals surface area contributed by atoms with Crippen molar-refractivity contribution in [1.29, 1.82) is 0 Å². The number of rotatable bonds is 3. The van der Waals surface area contributed by atoms with Crippen molar-refractivity contribution in [2.75, 3.05) is 32.1 Å². The summed E-state index contributed by atoms with van der Waals surface area (Å²) in [6.07, 6.45) is 0. The number of halogens is 1. The predicted molar refractivity (Wildman–Crippen MR) is 72.9 cm³/mol. The van der Waals surface area contributed by atoms with Gasteiger partial charge in [-0.2, -0.15) is 0 Å². The Labute approximate surface area is 113 Å². The summed E-state index contributed by atoms with van der Waals surface area (Å²) in [7, 11) is 0. The van der Waals surface area contributed by atoms with Crippen LogP contribution in [0.5, 0.6) is 0 Å². The minimum atomic E-state index is 0.0584. The number of benzene rings is 1. The summed E-state index contributed by atoms with van der Waals surface area (Å²) in [6, 6.07) is 11.0. The number of quaternary nitrogens is 1. The van der Waals surface area contributed by atoms with Crippen molar-refractivity contribution in [2.24, 2.45) is 0 Å². The molecule has 0 aromatic heterocycles. The number of hydrogen-bond donors (Lipinski definition) is 1. The highest BCUT2D eigenvalue weighted by Gasteiger charge is 2.27. The first-order valence-corrected chi connectivity index (χ1v) is 6.99. The number of alkyl halides is 1. The van der Waals surface area contributed by atoms with Crippen molar-refractivity contribution < 1.29 is 9.69 Å². The molecule has 1 aromatic rings. The van der Waals surface area contributed by atoms with Gasteiger partial charge < -0.3 is 9.80 Å². The number of hydrogen-bond acceptors (Lipinski definition) is 1. The zero-order valence-electron chi connectivity index (χ0n) is 10.7. The molecule has 1 saturated heterocycles. The maximum atomic E-state index is 11.5. The molecule has 1 fully saturated rings. The summed E-state index contributed by atoms with van der Waals surface area (Å²) < 4.78 is 0. The van der Waals surface area contributed by atoms with Crippen molar-refractivity contribution >= 4 is 17.5 Å². The molecule has 1 amide bonds. The van der Waals surface area contributed by atoms with Crippen LogP contribution in [0.25, 0.3) is 0 Å². The molecule has 98 valence electrons. The molecule has 1 atom stereocenters. The highest BCUT2D eigenvalue weighted by atomic mass is 35.5. The second-order valence-corrected chi connectivity index (χ2v) is 5.07. The van der Waals surface area contributed by atoms with E-state index in [0.29, 0.717) is 6.04 Å². The third kappa shape index (κ3) is 3.03. The summed E-state index contributed by atoms with van der Waals surface area (Å²) in [5.74, 6) is 0.159. The fourth-order valence-electron chi connectivity index (χ4n) is 2.54. The lowest BCUT2D eigenvalue weighted by molar-refractivity contribution is -0.933. The first kappa shape index (κ1) is 13.4. The Hall–Kier alpha value is -1.06. The van der Waals surface area contributed by atoms with Gasteiger partial charge in [0.25, 0.3) is 0 Å². The molecule has 18 heavy (non-hydrogen) atoms. The zero-order chi connectivity index (χ0) is 13.0. The van der Waals surface area contributed by atoms with Gasteiger partial charge in [0.05, 0.1) is 26.2 Å². The van der Waals surface area contributed by atoms with Crippen LogP contribution in [-0.2, 0) is 4.79 Å². The monoisotopic (exact) mass is 267 g/mol. The molecule has 0 bridgehead atoms. The van der Waals surface area contributed by atoms with E-state index in [1.54, 1.807) is 4.90 Å². The zero-order valence-corrected chi connectivity index (χ0v) is 11.5. The van der Waals surface area contributed by atoms with Crippen molar-refractivity contribution in [1.82, 2.24) is 4.90 Å². The van der Waals surface area contributed by atoms with E-state index in [0.717, 1.165) is 26.2 Å². The molecule has 0 unspecified atom stereocenters. The fraction of sp³-hybridized carbons (Fsp3) is 0.500. The Morgan fingerprint density at radius 1 is 1.33 bits per heavy atom. The van der Waals surface area contributed by atoms with Gasteiger partial charge in [-0.25, -0.2) is 0 Å². The quantitative estimate of drug-likeness (QED) is 0.802. The van der Waals surface area contributed by atoms with E-state index in [-0.39, 0.29) is 11.8 Å². The average molecular weight is 268 g/mol. The first-order valence-electron chi connectivity index (χ1n) is 6.45. The SMILES string of the molecule is C[C@@H](c1ccccc1)[NH+]1CCN(C(=O)CCl)CC1. The number of carbonyl (C=O) groups excluding carboxylic acids is 1. The van der Waals surface area contributed by atoms with Gasteiger partial charge in [-0.1, -0.05) is 30.3 Å². The maximum Gasteiger partial charge on any atom is 0.237 e. The Morgan fingerprint density at radius 2 is 1.94 bits per heavy atom. The van der Waals surface area contributed by atoms with Crippen molar-refractivity contribution in [3.8, 4) is 0 Å². The molecule has 2 rings (SSSR count). The second-order valence-electron chi connectivity index (χ2n) is 4.81. The normalized spacial score (nSPS) is 18.7. The minimum Gasteiger partial charge on any atom is -0.330 e. The molecule has 0 aliphatic carbocycles. The van der Waals surface area contributed by atoms with Crippen molar-refractivity contribution in [2.45, 2.75) is 13.0 Å². The molecule has 3 nitrogen and oxygen atoms in total.